The Kier molecular flexibility index (Phi) is 5.97. The minimum atomic E-state index is -0.110. The van der Waals surface area contributed by atoms with Gasteiger partial charge < -0.3 is 15.5 Å². The molecule has 2 unspecified atom stereocenters. The molecule has 1 saturated carbocycles. The normalized spacial score (nSPS) is 22.4. The van der Waals surface area contributed by atoms with Crippen molar-refractivity contribution >= 4 is 11.8 Å². The Morgan fingerprint density at radius 2 is 1.93 bits per heavy atom. The van der Waals surface area contributed by atoms with Crippen molar-refractivity contribution in [3.63, 3.8) is 0 Å². The number of guanidine groups is 1. The van der Waals surface area contributed by atoms with Gasteiger partial charge in [-0.25, -0.2) is 9.37 Å². The highest BCUT2D eigenvalue weighted by Gasteiger charge is 2.40. The number of hydrogen-bond acceptors (Lipinski definition) is 3. The summed E-state index contributed by atoms with van der Waals surface area (Å²) in [6.07, 6.45) is 3.03. The van der Waals surface area contributed by atoms with Gasteiger partial charge in [0, 0.05) is 43.3 Å². The third kappa shape index (κ3) is 4.86. The van der Waals surface area contributed by atoms with Crippen LogP contribution >= 0.6 is 0 Å². The number of aliphatic imine (C=N–C) groups is 1. The zero-order valence-electron chi connectivity index (χ0n) is 17.2. The summed E-state index contributed by atoms with van der Waals surface area (Å²) in [7, 11) is 0. The van der Waals surface area contributed by atoms with Gasteiger partial charge in [0.15, 0.2) is 5.96 Å². The van der Waals surface area contributed by atoms with Crippen molar-refractivity contribution in [3.05, 3.63) is 59.5 Å². The Hall–Kier alpha value is -2.63. The van der Waals surface area contributed by atoms with Gasteiger partial charge in [0.05, 0.1) is 0 Å². The minimum absolute atomic E-state index is 0.110. The third-order valence-electron chi connectivity index (χ3n) is 5.77. The molecular formula is C23H30FN5. The Morgan fingerprint density at radius 1 is 1.14 bits per heavy atom. The average molecular weight is 396 g/mol. The number of aryl methyl sites for hydroxylation is 1. The molecule has 1 saturated heterocycles. The first-order chi connectivity index (χ1) is 14.1. The monoisotopic (exact) mass is 395 g/mol. The molecule has 29 heavy (non-hydrogen) atoms. The molecule has 154 valence electrons. The van der Waals surface area contributed by atoms with E-state index in [2.05, 4.69) is 37.6 Å². The van der Waals surface area contributed by atoms with Crippen molar-refractivity contribution in [2.45, 2.75) is 51.1 Å². The fourth-order valence-electron chi connectivity index (χ4n) is 4.09. The number of pyridine rings is 1. The number of anilines is 1. The predicted octanol–water partition coefficient (Wildman–Crippen LogP) is 3.61. The predicted molar refractivity (Wildman–Crippen MR) is 116 cm³/mol. The standard InChI is InChI=1S/C23H30FN5/c1-3-25-23(28-21-15-19(21)18-8-4-5-9-20(18)24)27-17-11-13-29(14-12-17)22-10-6-7-16(2)26-22/h4-10,17,19,21H,3,11-15H2,1-2H3,(H2,25,27,28). The van der Waals surface area contributed by atoms with E-state index in [1.807, 2.05) is 32.0 Å². The molecule has 2 N–H and O–H groups in total. The topological polar surface area (TPSA) is 52.6 Å². The van der Waals surface area contributed by atoms with Crippen LogP contribution in [0, 0.1) is 12.7 Å². The maximum atomic E-state index is 14.0. The van der Waals surface area contributed by atoms with Crippen LogP contribution in [0.2, 0.25) is 0 Å². The van der Waals surface area contributed by atoms with E-state index in [9.17, 15) is 4.39 Å². The lowest BCUT2D eigenvalue weighted by Gasteiger charge is -2.34. The van der Waals surface area contributed by atoms with Crippen molar-refractivity contribution in [2.75, 3.05) is 24.5 Å². The Labute approximate surface area is 172 Å². The molecule has 4 rings (SSSR count). The van der Waals surface area contributed by atoms with Crippen molar-refractivity contribution < 1.29 is 4.39 Å². The quantitative estimate of drug-likeness (QED) is 0.600. The van der Waals surface area contributed by atoms with Crippen LogP contribution in [0.15, 0.2) is 47.5 Å². The third-order valence-corrected chi connectivity index (χ3v) is 5.77. The zero-order valence-corrected chi connectivity index (χ0v) is 17.2. The largest absolute Gasteiger partial charge is 0.356 e. The number of hydrogen-bond donors (Lipinski definition) is 2. The van der Waals surface area contributed by atoms with E-state index in [4.69, 9.17) is 0 Å². The molecule has 2 heterocycles. The molecule has 0 amide bonds. The molecule has 2 atom stereocenters. The van der Waals surface area contributed by atoms with Gasteiger partial charge >= 0.3 is 0 Å². The summed E-state index contributed by atoms with van der Waals surface area (Å²) in [6.45, 7) is 6.75. The Morgan fingerprint density at radius 3 is 2.66 bits per heavy atom. The van der Waals surface area contributed by atoms with E-state index < -0.39 is 0 Å². The molecule has 6 heteroatoms. The van der Waals surface area contributed by atoms with Crippen molar-refractivity contribution in [1.82, 2.24) is 15.6 Å². The summed E-state index contributed by atoms with van der Waals surface area (Å²) < 4.78 is 14.0. The van der Waals surface area contributed by atoms with Crippen LogP contribution in [0.25, 0.3) is 0 Å². The van der Waals surface area contributed by atoms with Crippen molar-refractivity contribution in [3.8, 4) is 0 Å². The van der Waals surface area contributed by atoms with Gasteiger partial charge in [-0.2, -0.15) is 0 Å². The van der Waals surface area contributed by atoms with Gasteiger partial charge in [-0.15, -0.1) is 0 Å². The summed E-state index contributed by atoms with van der Waals surface area (Å²) in [4.78, 5) is 11.6. The molecule has 0 bridgehead atoms. The lowest BCUT2D eigenvalue weighted by molar-refractivity contribution is 0.459. The molecule has 0 spiro atoms. The molecule has 5 nitrogen and oxygen atoms in total. The van der Waals surface area contributed by atoms with Crippen LogP contribution in [-0.4, -0.2) is 42.7 Å². The molecule has 2 aromatic rings. The summed E-state index contributed by atoms with van der Waals surface area (Å²) in [6, 6.07) is 13.9. The van der Waals surface area contributed by atoms with Gasteiger partial charge in [-0.05, 0) is 56.9 Å². The minimum Gasteiger partial charge on any atom is -0.356 e. The van der Waals surface area contributed by atoms with E-state index in [0.717, 1.165) is 61.9 Å². The molecule has 1 aliphatic carbocycles. The Bertz CT molecular complexity index is 860. The van der Waals surface area contributed by atoms with Crippen LogP contribution < -0.4 is 15.5 Å². The second-order valence-electron chi connectivity index (χ2n) is 7.98. The van der Waals surface area contributed by atoms with Gasteiger partial charge in [0.25, 0.3) is 0 Å². The van der Waals surface area contributed by atoms with E-state index in [1.165, 1.54) is 0 Å². The number of nitrogens with zero attached hydrogens (tertiary/aromatic N) is 3. The first-order valence-corrected chi connectivity index (χ1v) is 10.6. The maximum absolute atomic E-state index is 14.0. The number of piperidine rings is 1. The van der Waals surface area contributed by atoms with Crippen LogP contribution in [0.3, 0.4) is 0 Å². The molecule has 1 aliphatic heterocycles. The van der Waals surface area contributed by atoms with E-state index in [-0.39, 0.29) is 17.8 Å². The van der Waals surface area contributed by atoms with Crippen molar-refractivity contribution in [1.29, 1.82) is 0 Å². The van der Waals surface area contributed by atoms with Gasteiger partial charge in [-0.1, -0.05) is 24.3 Å². The number of benzene rings is 1. The summed E-state index contributed by atoms with van der Waals surface area (Å²) >= 11 is 0. The second-order valence-corrected chi connectivity index (χ2v) is 7.98. The van der Waals surface area contributed by atoms with E-state index in [0.29, 0.717) is 6.04 Å². The smallest absolute Gasteiger partial charge is 0.191 e. The Balaban J connectivity index is 1.30. The van der Waals surface area contributed by atoms with Crippen LogP contribution in [0.5, 0.6) is 0 Å². The van der Waals surface area contributed by atoms with Gasteiger partial charge in [0.1, 0.15) is 11.6 Å². The molecule has 2 fully saturated rings. The van der Waals surface area contributed by atoms with Crippen LogP contribution in [0.1, 0.15) is 43.4 Å². The van der Waals surface area contributed by atoms with Crippen LogP contribution in [0.4, 0.5) is 10.2 Å². The number of rotatable bonds is 5. The summed E-state index contributed by atoms with van der Waals surface area (Å²) in [5.74, 6) is 2.04. The number of halogens is 1. The summed E-state index contributed by atoms with van der Waals surface area (Å²) in [5, 5.41) is 7.11. The first kappa shape index (κ1) is 19.7. The molecule has 2 aliphatic rings. The highest BCUT2D eigenvalue weighted by molar-refractivity contribution is 5.81. The second kappa shape index (κ2) is 8.80. The highest BCUT2D eigenvalue weighted by Crippen LogP contribution is 2.41. The van der Waals surface area contributed by atoms with E-state index >= 15 is 0 Å². The number of aromatic nitrogens is 1. The SMILES string of the molecule is CCN=C(NC1CCN(c2cccc(C)n2)CC1)NC1CC1c1ccccc1F. The molecule has 0 radical (unpaired) electrons. The zero-order chi connectivity index (χ0) is 20.2. The molecule has 1 aromatic heterocycles. The lowest BCUT2D eigenvalue weighted by Crippen LogP contribution is -2.49. The summed E-state index contributed by atoms with van der Waals surface area (Å²) in [5.41, 5.74) is 1.86. The van der Waals surface area contributed by atoms with E-state index in [1.54, 1.807) is 12.1 Å². The van der Waals surface area contributed by atoms with Gasteiger partial charge in [0.2, 0.25) is 0 Å². The maximum Gasteiger partial charge on any atom is 0.191 e. The number of nitrogens with one attached hydrogen (secondary N) is 2. The molecule has 1 aromatic carbocycles. The van der Waals surface area contributed by atoms with Crippen LogP contribution in [-0.2, 0) is 0 Å². The lowest BCUT2D eigenvalue weighted by atomic mass is 10.1. The van der Waals surface area contributed by atoms with Crippen molar-refractivity contribution in [2.24, 2.45) is 4.99 Å². The fourth-order valence-corrected chi connectivity index (χ4v) is 4.09. The van der Waals surface area contributed by atoms with Gasteiger partial charge in [-0.3, -0.25) is 4.99 Å². The molecular weight excluding hydrogens is 365 g/mol. The fraction of sp³-hybridized carbons (Fsp3) is 0.478. The first-order valence-electron chi connectivity index (χ1n) is 10.6. The highest BCUT2D eigenvalue weighted by atomic mass is 19.1. The average Bonchev–Trinajstić information content (AvgIpc) is 3.48.